The maximum Gasteiger partial charge on any atom is 0.326 e. The van der Waals surface area contributed by atoms with Gasteiger partial charge in [-0.25, -0.2) is 9.59 Å². The second kappa shape index (κ2) is 8.09. The number of hydrogen-bond donors (Lipinski definition) is 3. The molecule has 0 radical (unpaired) electrons. The summed E-state index contributed by atoms with van der Waals surface area (Å²) in [7, 11) is 0. The minimum absolute atomic E-state index is 0.154. The zero-order valence-electron chi connectivity index (χ0n) is 11.2. The highest BCUT2D eigenvalue weighted by atomic mass is 32.2. The molecule has 1 aliphatic rings. The van der Waals surface area contributed by atoms with Gasteiger partial charge in [-0.15, -0.1) is 6.58 Å². The zero-order chi connectivity index (χ0) is 14.3. The fraction of sp³-hybridized carbons (Fsp3) is 0.692. The molecular formula is C13H22N2O3S. The quantitative estimate of drug-likeness (QED) is 0.652. The number of thioether (sulfide) groups is 1. The highest BCUT2D eigenvalue weighted by molar-refractivity contribution is 7.99. The third-order valence-corrected chi connectivity index (χ3v) is 4.49. The Bertz CT molecular complexity index is 328. The first-order chi connectivity index (χ1) is 9.06. The van der Waals surface area contributed by atoms with E-state index < -0.39 is 18.0 Å². The Hall–Kier alpha value is -1.17. The molecule has 6 heteroatoms. The summed E-state index contributed by atoms with van der Waals surface area (Å²) in [5, 5.41) is 14.9. The minimum Gasteiger partial charge on any atom is -0.480 e. The van der Waals surface area contributed by atoms with Gasteiger partial charge in [-0.2, -0.15) is 11.8 Å². The molecule has 0 aromatic rings. The van der Waals surface area contributed by atoms with Crippen molar-refractivity contribution in [2.45, 2.75) is 49.4 Å². The molecule has 0 heterocycles. The van der Waals surface area contributed by atoms with E-state index in [1.165, 1.54) is 6.08 Å². The topological polar surface area (TPSA) is 78.4 Å². The maximum absolute atomic E-state index is 11.7. The number of urea groups is 1. The minimum atomic E-state index is -1.04. The average molecular weight is 286 g/mol. The number of amides is 2. The Morgan fingerprint density at radius 2 is 2.05 bits per heavy atom. The molecule has 3 N–H and O–H groups in total. The number of nitrogens with one attached hydrogen (secondary N) is 2. The van der Waals surface area contributed by atoms with Crippen LogP contribution in [0.1, 0.15) is 32.1 Å². The van der Waals surface area contributed by atoms with Crippen molar-refractivity contribution in [3.8, 4) is 0 Å². The summed E-state index contributed by atoms with van der Waals surface area (Å²) in [6, 6.07) is -1.15. The fourth-order valence-corrected chi connectivity index (χ4v) is 2.96. The van der Waals surface area contributed by atoms with E-state index in [0.29, 0.717) is 5.25 Å². The van der Waals surface area contributed by atoms with E-state index in [1.54, 1.807) is 0 Å². The van der Waals surface area contributed by atoms with Crippen molar-refractivity contribution in [2.75, 3.05) is 6.26 Å². The number of carboxylic acid groups (broad SMARTS) is 1. The summed E-state index contributed by atoms with van der Waals surface area (Å²) in [5.74, 6) is -1.04. The van der Waals surface area contributed by atoms with Gasteiger partial charge in [-0.05, 0) is 38.4 Å². The monoisotopic (exact) mass is 286 g/mol. The van der Waals surface area contributed by atoms with Gasteiger partial charge in [0.1, 0.15) is 6.04 Å². The van der Waals surface area contributed by atoms with Gasteiger partial charge in [-0.3, -0.25) is 0 Å². The van der Waals surface area contributed by atoms with Crippen LogP contribution in [0.25, 0.3) is 0 Å². The number of rotatable bonds is 6. The molecule has 1 rings (SSSR count). The number of carbonyl (C=O) groups is 2. The lowest BCUT2D eigenvalue weighted by atomic mass is 9.95. The van der Waals surface area contributed by atoms with Crippen molar-refractivity contribution in [1.82, 2.24) is 10.6 Å². The molecule has 1 aliphatic carbocycles. The van der Waals surface area contributed by atoms with E-state index >= 15 is 0 Å². The highest BCUT2D eigenvalue weighted by Gasteiger charge is 2.23. The molecule has 1 unspecified atom stereocenters. The standard InChI is InChI=1S/C13H22N2O3S/c1-3-4-11(12(16)17)15-13(18)14-9-5-7-10(19-2)8-6-9/h3,9-11H,1,4-8H2,2H3,(H,16,17)(H2,14,15,18). The van der Waals surface area contributed by atoms with E-state index in [2.05, 4.69) is 23.5 Å². The lowest BCUT2D eigenvalue weighted by molar-refractivity contribution is -0.139. The van der Waals surface area contributed by atoms with Gasteiger partial charge in [0.15, 0.2) is 0 Å². The van der Waals surface area contributed by atoms with Gasteiger partial charge in [-0.1, -0.05) is 6.08 Å². The molecule has 1 atom stereocenters. The van der Waals surface area contributed by atoms with Crippen LogP contribution in [0, 0.1) is 0 Å². The first-order valence-electron chi connectivity index (χ1n) is 6.50. The normalized spacial score (nSPS) is 24.3. The second-order valence-corrected chi connectivity index (χ2v) is 5.88. The summed E-state index contributed by atoms with van der Waals surface area (Å²) in [5.41, 5.74) is 0. The number of aliphatic carboxylic acids is 1. The summed E-state index contributed by atoms with van der Waals surface area (Å²) in [6.07, 6.45) is 7.93. The van der Waals surface area contributed by atoms with Crippen molar-refractivity contribution in [3.63, 3.8) is 0 Å². The first-order valence-corrected chi connectivity index (χ1v) is 7.79. The van der Waals surface area contributed by atoms with Crippen LogP contribution in [0.4, 0.5) is 4.79 Å². The van der Waals surface area contributed by atoms with Crippen molar-refractivity contribution < 1.29 is 14.7 Å². The van der Waals surface area contributed by atoms with Crippen molar-refractivity contribution in [2.24, 2.45) is 0 Å². The van der Waals surface area contributed by atoms with Gasteiger partial charge < -0.3 is 15.7 Å². The van der Waals surface area contributed by atoms with Crippen LogP contribution in [-0.2, 0) is 4.79 Å². The van der Waals surface area contributed by atoms with Gasteiger partial charge in [0.2, 0.25) is 0 Å². The number of carbonyl (C=O) groups excluding carboxylic acids is 1. The summed E-state index contributed by atoms with van der Waals surface area (Å²) in [6.45, 7) is 3.49. The fourth-order valence-electron chi connectivity index (χ4n) is 2.22. The summed E-state index contributed by atoms with van der Waals surface area (Å²) in [4.78, 5) is 22.6. The molecule has 0 aromatic carbocycles. The number of hydrogen-bond acceptors (Lipinski definition) is 3. The molecule has 108 valence electrons. The molecule has 1 saturated carbocycles. The van der Waals surface area contributed by atoms with E-state index in [0.717, 1.165) is 25.7 Å². The maximum atomic E-state index is 11.7. The van der Waals surface area contributed by atoms with Crippen molar-refractivity contribution in [1.29, 1.82) is 0 Å². The Labute approximate surface area is 118 Å². The van der Waals surface area contributed by atoms with E-state index in [-0.39, 0.29) is 12.5 Å². The molecule has 1 fully saturated rings. The molecule has 0 saturated heterocycles. The van der Waals surface area contributed by atoms with E-state index in [4.69, 9.17) is 5.11 Å². The Morgan fingerprint density at radius 3 is 2.53 bits per heavy atom. The van der Waals surface area contributed by atoms with Gasteiger partial charge in [0.25, 0.3) is 0 Å². The van der Waals surface area contributed by atoms with Crippen LogP contribution >= 0.6 is 11.8 Å². The number of carboxylic acids is 1. The molecule has 2 amide bonds. The van der Waals surface area contributed by atoms with Gasteiger partial charge in [0.05, 0.1) is 0 Å². The Morgan fingerprint density at radius 1 is 1.42 bits per heavy atom. The van der Waals surface area contributed by atoms with Crippen molar-refractivity contribution in [3.05, 3.63) is 12.7 Å². The van der Waals surface area contributed by atoms with Crippen LogP contribution in [0.15, 0.2) is 12.7 Å². The summed E-state index contributed by atoms with van der Waals surface area (Å²) < 4.78 is 0. The van der Waals surface area contributed by atoms with E-state index in [1.807, 2.05) is 11.8 Å². The Kier molecular flexibility index (Phi) is 6.77. The van der Waals surface area contributed by atoms with Gasteiger partial charge >= 0.3 is 12.0 Å². The SMILES string of the molecule is C=CCC(NC(=O)NC1CCC(SC)CC1)C(=O)O. The second-order valence-electron chi connectivity index (χ2n) is 4.74. The predicted octanol–water partition coefficient (Wildman–Crippen LogP) is 1.99. The molecule has 0 aliphatic heterocycles. The largest absolute Gasteiger partial charge is 0.480 e. The van der Waals surface area contributed by atoms with Crippen LogP contribution in [0.5, 0.6) is 0 Å². The predicted molar refractivity (Wildman–Crippen MR) is 77.5 cm³/mol. The van der Waals surface area contributed by atoms with Crippen LogP contribution < -0.4 is 10.6 Å². The van der Waals surface area contributed by atoms with Crippen LogP contribution in [0.2, 0.25) is 0 Å². The highest BCUT2D eigenvalue weighted by Crippen LogP contribution is 2.26. The van der Waals surface area contributed by atoms with Gasteiger partial charge in [0, 0.05) is 11.3 Å². The summed E-state index contributed by atoms with van der Waals surface area (Å²) >= 11 is 1.87. The molecular weight excluding hydrogens is 264 g/mol. The molecule has 19 heavy (non-hydrogen) atoms. The molecule has 0 aromatic heterocycles. The third-order valence-electron chi connectivity index (χ3n) is 3.35. The zero-order valence-corrected chi connectivity index (χ0v) is 12.0. The van der Waals surface area contributed by atoms with E-state index in [9.17, 15) is 9.59 Å². The lowest BCUT2D eigenvalue weighted by Crippen LogP contribution is -2.49. The average Bonchev–Trinajstić information content (AvgIpc) is 2.39. The molecule has 0 spiro atoms. The smallest absolute Gasteiger partial charge is 0.326 e. The molecule has 5 nitrogen and oxygen atoms in total. The van der Waals surface area contributed by atoms with Crippen LogP contribution in [0.3, 0.4) is 0 Å². The van der Waals surface area contributed by atoms with Crippen molar-refractivity contribution >= 4 is 23.8 Å². The lowest BCUT2D eigenvalue weighted by Gasteiger charge is -2.28. The molecule has 0 bridgehead atoms. The van der Waals surface area contributed by atoms with Crippen LogP contribution in [-0.4, -0.2) is 40.7 Å². The third kappa shape index (κ3) is 5.55. The first kappa shape index (κ1) is 15.9. The Balaban J connectivity index is 2.34.